The molecule has 0 aromatic heterocycles. The first-order valence-corrected chi connectivity index (χ1v) is 8.14. The molecule has 1 aliphatic carbocycles. The van der Waals surface area contributed by atoms with Gasteiger partial charge < -0.3 is 15.4 Å². The molecule has 3 rings (SSSR count). The number of benzene rings is 1. The van der Waals surface area contributed by atoms with Gasteiger partial charge in [-0.25, -0.2) is 0 Å². The van der Waals surface area contributed by atoms with Gasteiger partial charge in [-0.15, -0.1) is 0 Å². The fourth-order valence-corrected chi connectivity index (χ4v) is 2.70. The number of hydrogen-bond donors (Lipinski definition) is 1. The maximum atomic E-state index is 12.5. The minimum absolute atomic E-state index is 0.0254. The highest BCUT2D eigenvalue weighted by Crippen LogP contribution is 2.29. The SMILES string of the molecule is NC(=O)CN1CCN(C(=O)c2ccc(OCC3CC3)cc2)CC1. The molecule has 0 radical (unpaired) electrons. The van der Waals surface area contributed by atoms with E-state index in [1.54, 1.807) is 0 Å². The fraction of sp³-hybridized carbons (Fsp3) is 0.529. The van der Waals surface area contributed by atoms with Crippen LogP contribution in [0.5, 0.6) is 5.75 Å². The van der Waals surface area contributed by atoms with E-state index in [4.69, 9.17) is 10.5 Å². The summed E-state index contributed by atoms with van der Waals surface area (Å²) in [5.74, 6) is 1.23. The van der Waals surface area contributed by atoms with Gasteiger partial charge in [0.05, 0.1) is 13.2 Å². The maximum Gasteiger partial charge on any atom is 0.253 e. The van der Waals surface area contributed by atoms with Gasteiger partial charge in [0.15, 0.2) is 0 Å². The molecule has 6 nitrogen and oxygen atoms in total. The molecular formula is C17H23N3O3. The van der Waals surface area contributed by atoms with E-state index in [1.165, 1.54) is 12.8 Å². The van der Waals surface area contributed by atoms with Crippen molar-refractivity contribution in [1.82, 2.24) is 9.80 Å². The molecule has 2 N–H and O–H groups in total. The van der Waals surface area contributed by atoms with Crippen molar-refractivity contribution >= 4 is 11.8 Å². The number of nitrogens with two attached hydrogens (primary N) is 1. The monoisotopic (exact) mass is 317 g/mol. The third-order valence-corrected chi connectivity index (χ3v) is 4.32. The molecule has 1 aliphatic heterocycles. The molecule has 1 saturated heterocycles. The highest BCUT2D eigenvalue weighted by Gasteiger charge is 2.23. The molecule has 0 spiro atoms. The van der Waals surface area contributed by atoms with Gasteiger partial charge in [0.25, 0.3) is 5.91 Å². The third-order valence-electron chi connectivity index (χ3n) is 4.32. The highest BCUT2D eigenvalue weighted by atomic mass is 16.5. The van der Waals surface area contributed by atoms with Crippen LogP contribution >= 0.6 is 0 Å². The number of nitrogens with zero attached hydrogens (tertiary/aromatic N) is 2. The van der Waals surface area contributed by atoms with Crippen LogP contribution in [0.4, 0.5) is 0 Å². The van der Waals surface area contributed by atoms with Crippen LogP contribution in [0.3, 0.4) is 0 Å². The molecule has 0 bridgehead atoms. The Morgan fingerprint density at radius 1 is 1.09 bits per heavy atom. The lowest BCUT2D eigenvalue weighted by atomic mass is 10.1. The van der Waals surface area contributed by atoms with E-state index in [2.05, 4.69) is 0 Å². The van der Waals surface area contributed by atoms with Crippen molar-refractivity contribution in [1.29, 1.82) is 0 Å². The summed E-state index contributed by atoms with van der Waals surface area (Å²) < 4.78 is 5.69. The van der Waals surface area contributed by atoms with Gasteiger partial charge in [-0.1, -0.05) is 0 Å². The molecule has 2 amide bonds. The number of primary amides is 1. The minimum atomic E-state index is -0.327. The van der Waals surface area contributed by atoms with Crippen LogP contribution in [0, 0.1) is 5.92 Å². The van der Waals surface area contributed by atoms with Gasteiger partial charge in [0.1, 0.15) is 5.75 Å². The largest absolute Gasteiger partial charge is 0.493 e. The number of carbonyl (C=O) groups excluding carboxylic acids is 2. The second-order valence-electron chi connectivity index (χ2n) is 6.31. The number of carbonyl (C=O) groups is 2. The molecule has 2 aliphatic rings. The topological polar surface area (TPSA) is 75.9 Å². The van der Waals surface area contributed by atoms with E-state index in [0.29, 0.717) is 37.7 Å². The first-order valence-electron chi connectivity index (χ1n) is 8.14. The molecule has 1 aromatic carbocycles. The lowest BCUT2D eigenvalue weighted by Gasteiger charge is -2.34. The number of ether oxygens (including phenoxy) is 1. The summed E-state index contributed by atoms with van der Waals surface area (Å²) in [6, 6.07) is 7.36. The molecule has 1 aromatic rings. The molecule has 2 fully saturated rings. The Balaban J connectivity index is 1.50. The van der Waals surface area contributed by atoms with E-state index in [9.17, 15) is 9.59 Å². The van der Waals surface area contributed by atoms with Crippen molar-refractivity contribution in [2.45, 2.75) is 12.8 Å². The summed E-state index contributed by atoms with van der Waals surface area (Å²) in [6.45, 7) is 3.62. The summed E-state index contributed by atoms with van der Waals surface area (Å²) in [6.07, 6.45) is 2.52. The summed E-state index contributed by atoms with van der Waals surface area (Å²) in [5.41, 5.74) is 5.87. The van der Waals surface area contributed by atoms with Crippen LogP contribution < -0.4 is 10.5 Å². The zero-order valence-electron chi connectivity index (χ0n) is 13.2. The van der Waals surface area contributed by atoms with Gasteiger partial charge in [-0.05, 0) is 43.0 Å². The summed E-state index contributed by atoms with van der Waals surface area (Å²) in [5, 5.41) is 0. The fourth-order valence-electron chi connectivity index (χ4n) is 2.70. The van der Waals surface area contributed by atoms with E-state index < -0.39 is 0 Å². The number of amides is 2. The zero-order valence-corrected chi connectivity index (χ0v) is 13.2. The number of piperazine rings is 1. The quantitative estimate of drug-likeness (QED) is 0.839. The van der Waals surface area contributed by atoms with Gasteiger partial charge in [-0.2, -0.15) is 0 Å². The van der Waals surface area contributed by atoms with Crippen molar-refractivity contribution in [3.63, 3.8) is 0 Å². The third kappa shape index (κ3) is 4.45. The average Bonchev–Trinajstić information content (AvgIpc) is 3.37. The summed E-state index contributed by atoms with van der Waals surface area (Å²) in [7, 11) is 0. The lowest BCUT2D eigenvalue weighted by molar-refractivity contribution is -0.119. The van der Waals surface area contributed by atoms with Gasteiger partial charge >= 0.3 is 0 Å². The Morgan fingerprint density at radius 2 is 1.74 bits per heavy atom. The van der Waals surface area contributed by atoms with E-state index >= 15 is 0 Å². The summed E-state index contributed by atoms with van der Waals surface area (Å²) in [4.78, 5) is 27.2. The van der Waals surface area contributed by atoms with E-state index in [-0.39, 0.29) is 18.4 Å². The van der Waals surface area contributed by atoms with Crippen molar-refractivity contribution in [2.75, 3.05) is 39.3 Å². The number of hydrogen-bond acceptors (Lipinski definition) is 4. The first-order chi connectivity index (χ1) is 11.1. The Hall–Kier alpha value is -2.08. The maximum absolute atomic E-state index is 12.5. The normalized spacial score (nSPS) is 18.7. The molecule has 1 saturated carbocycles. The second-order valence-corrected chi connectivity index (χ2v) is 6.31. The first kappa shape index (κ1) is 15.8. The van der Waals surface area contributed by atoms with Crippen molar-refractivity contribution in [3.8, 4) is 5.75 Å². The molecule has 124 valence electrons. The van der Waals surface area contributed by atoms with Gasteiger partial charge in [-0.3, -0.25) is 14.5 Å². The molecule has 0 atom stereocenters. The molecule has 6 heteroatoms. The zero-order chi connectivity index (χ0) is 16.2. The number of rotatable bonds is 6. The van der Waals surface area contributed by atoms with Gasteiger partial charge in [0, 0.05) is 31.7 Å². The minimum Gasteiger partial charge on any atom is -0.493 e. The van der Waals surface area contributed by atoms with Crippen LogP contribution in [-0.4, -0.2) is 60.9 Å². The van der Waals surface area contributed by atoms with Crippen molar-refractivity contribution < 1.29 is 14.3 Å². The smallest absolute Gasteiger partial charge is 0.253 e. The van der Waals surface area contributed by atoms with Crippen LogP contribution in [-0.2, 0) is 4.79 Å². The van der Waals surface area contributed by atoms with Crippen LogP contribution in [0.1, 0.15) is 23.2 Å². The second kappa shape index (κ2) is 7.00. The lowest BCUT2D eigenvalue weighted by Crippen LogP contribution is -2.50. The Labute approximate surface area is 136 Å². The van der Waals surface area contributed by atoms with Crippen LogP contribution in [0.25, 0.3) is 0 Å². The molecular weight excluding hydrogens is 294 g/mol. The van der Waals surface area contributed by atoms with E-state index in [0.717, 1.165) is 12.4 Å². The predicted molar refractivity (Wildman–Crippen MR) is 86.2 cm³/mol. The summed E-state index contributed by atoms with van der Waals surface area (Å²) >= 11 is 0. The molecule has 0 unspecified atom stereocenters. The standard InChI is InChI=1S/C17H23N3O3/c18-16(21)11-19-7-9-20(10-8-19)17(22)14-3-5-15(6-4-14)23-12-13-1-2-13/h3-6,13H,1-2,7-12H2,(H2,18,21). The van der Waals surface area contributed by atoms with Crippen molar-refractivity contribution in [3.05, 3.63) is 29.8 Å². The van der Waals surface area contributed by atoms with Crippen LogP contribution in [0.2, 0.25) is 0 Å². The highest BCUT2D eigenvalue weighted by molar-refractivity contribution is 5.94. The molecule has 1 heterocycles. The van der Waals surface area contributed by atoms with Crippen molar-refractivity contribution in [2.24, 2.45) is 11.7 Å². The average molecular weight is 317 g/mol. The Kier molecular flexibility index (Phi) is 4.81. The van der Waals surface area contributed by atoms with Gasteiger partial charge in [0.2, 0.25) is 5.91 Å². The Morgan fingerprint density at radius 3 is 2.30 bits per heavy atom. The molecule has 23 heavy (non-hydrogen) atoms. The van der Waals surface area contributed by atoms with E-state index in [1.807, 2.05) is 34.1 Å². The Bertz CT molecular complexity index is 561. The predicted octanol–water partition coefficient (Wildman–Crippen LogP) is 0.719. The van der Waals surface area contributed by atoms with Crippen LogP contribution in [0.15, 0.2) is 24.3 Å².